The lowest BCUT2D eigenvalue weighted by atomic mass is 9.92. The number of pyridine rings is 1. The molecule has 1 aromatic rings. The molecular weight excluding hydrogens is 198 g/mol. The minimum absolute atomic E-state index is 0.511. The molecule has 0 saturated heterocycles. The van der Waals surface area contributed by atoms with Crippen LogP contribution >= 0.6 is 0 Å². The highest BCUT2D eigenvalue weighted by Gasteiger charge is 2.44. The zero-order valence-corrected chi connectivity index (χ0v) is 10.4. The summed E-state index contributed by atoms with van der Waals surface area (Å²) in [5, 5.41) is 3.43. The van der Waals surface area contributed by atoms with Crippen LogP contribution in [0, 0.1) is 18.3 Å². The van der Waals surface area contributed by atoms with Crippen molar-refractivity contribution in [1.29, 1.82) is 0 Å². The van der Waals surface area contributed by atoms with Gasteiger partial charge >= 0.3 is 0 Å². The number of hydrogen-bond donors (Lipinski definition) is 2. The van der Waals surface area contributed by atoms with Crippen LogP contribution in [-0.4, -0.2) is 11.5 Å². The first kappa shape index (κ1) is 11.2. The monoisotopic (exact) mass is 219 g/mol. The van der Waals surface area contributed by atoms with Crippen molar-refractivity contribution in [2.24, 2.45) is 11.3 Å². The van der Waals surface area contributed by atoms with Crippen molar-refractivity contribution in [2.75, 3.05) is 17.6 Å². The molecule has 88 valence electrons. The number of nitrogens with zero attached hydrogens (tertiary/aromatic N) is 1. The minimum Gasteiger partial charge on any atom is -0.397 e. The molecule has 3 N–H and O–H groups in total. The fraction of sp³-hybridized carbons (Fsp3) is 0.615. The number of nitrogens with one attached hydrogen (secondary N) is 1. The van der Waals surface area contributed by atoms with Gasteiger partial charge in [-0.1, -0.05) is 13.8 Å². The van der Waals surface area contributed by atoms with Gasteiger partial charge in [0, 0.05) is 6.54 Å². The number of nitrogens with two attached hydrogens (primary N) is 1. The molecule has 0 radical (unpaired) electrons. The lowest BCUT2D eigenvalue weighted by Gasteiger charge is -2.20. The quantitative estimate of drug-likeness (QED) is 0.818. The van der Waals surface area contributed by atoms with Crippen LogP contribution in [0.2, 0.25) is 0 Å². The molecule has 0 bridgehead atoms. The average Bonchev–Trinajstić information content (AvgIpc) is 3.01. The summed E-state index contributed by atoms with van der Waals surface area (Å²) in [5.74, 6) is 1.69. The van der Waals surface area contributed by atoms with E-state index < -0.39 is 0 Å². The predicted octanol–water partition coefficient (Wildman–Crippen LogP) is 2.82. The number of nitrogen functional groups attached to an aromatic ring is 1. The van der Waals surface area contributed by atoms with Gasteiger partial charge in [0.2, 0.25) is 0 Å². The van der Waals surface area contributed by atoms with Crippen LogP contribution in [0.1, 0.15) is 32.3 Å². The predicted molar refractivity (Wildman–Crippen MR) is 68.4 cm³/mol. The van der Waals surface area contributed by atoms with Crippen molar-refractivity contribution in [3.8, 4) is 0 Å². The number of rotatable bonds is 4. The molecule has 1 heterocycles. The molecule has 0 atom stereocenters. The van der Waals surface area contributed by atoms with Crippen LogP contribution in [0.3, 0.4) is 0 Å². The number of aryl methyl sites for hydroxylation is 1. The van der Waals surface area contributed by atoms with E-state index >= 15 is 0 Å². The third-order valence-electron chi connectivity index (χ3n) is 3.89. The van der Waals surface area contributed by atoms with Gasteiger partial charge in [-0.15, -0.1) is 0 Å². The Labute approximate surface area is 97.5 Å². The molecule has 0 aliphatic heterocycles. The first-order valence-corrected chi connectivity index (χ1v) is 5.99. The Bertz CT molecular complexity index is 381. The van der Waals surface area contributed by atoms with E-state index in [9.17, 15) is 0 Å². The van der Waals surface area contributed by atoms with E-state index in [1.54, 1.807) is 6.20 Å². The SMILES string of the molecule is Cc1cc(NCC2(C(C)C)CC2)ncc1N. The van der Waals surface area contributed by atoms with E-state index in [0.29, 0.717) is 5.41 Å². The van der Waals surface area contributed by atoms with Crippen LogP contribution < -0.4 is 11.1 Å². The molecule has 0 aromatic carbocycles. The van der Waals surface area contributed by atoms with E-state index in [2.05, 4.69) is 24.1 Å². The van der Waals surface area contributed by atoms with Crippen LogP contribution in [0.25, 0.3) is 0 Å². The molecule has 0 spiro atoms. The van der Waals surface area contributed by atoms with Gasteiger partial charge in [-0.2, -0.15) is 0 Å². The third-order valence-corrected chi connectivity index (χ3v) is 3.89. The Morgan fingerprint density at radius 3 is 2.69 bits per heavy atom. The number of anilines is 2. The highest BCUT2D eigenvalue weighted by Crippen LogP contribution is 2.51. The largest absolute Gasteiger partial charge is 0.397 e. The molecule has 2 rings (SSSR count). The maximum atomic E-state index is 5.74. The molecule has 1 fully saturated rings. The summed E-state index contributed by atoms with van der Waals surface area (Å²) in [6.45, 7) is 7.64. The molecule has 3 nitrogen and oxygen atoms in total. The second kappa shape index (κ2) is 3.96. The fourth-order valence-corrected chi connectivity index (χ4v) is 2.05. The van der Waals surface area contributed by atoms with E-state index in [1.807, 2.05) is 13.0 Å². The Hall–Kier alpha value is -1.25. The summed E-state index contributed by atoms with van der Waals surface area (Å²) < 4.78 is 0. The van der Waals surface area contributed by atoms with Crippen LogP contribution in [0.5, 0.6) is 0 Å². The normalized spacial score (nSPS) is 17.5. The summed E-state index contributed by atoms with van der Waals surface area (Å²) in [4.78, 5) is 4.29. The maximum absolute atomic E-state index is 5.74. The first-order valence-electron chi connectivity index (χ1n) is 5.99. The van der Waals surface area contributed by atoms with Gasteiger partial charge in [-0.05, 0) is 42.7 Å². The summed E-state index contributed by atoms with van der Waals surface area (Å²) in [7, 11) is 0. The summed E-state index contributed by atoms with van der Waals surface area (Å²) in [6, 6.07) is 2.02. The van der Waals surface area contributed by atoms with E-state index in [4.69, 9.17) is 5.73 Å². The molecule has 0 unspecified atom stereocenters. The van der Waals surface area contributed by atoms with Gasteiger partial charge in [0.15, 0.2) is 0 Å². The van der Waals surface area contributed by atoms with Gasteiger partial charge < -0.3 is 11.1 Å². The van der Waals surface area contributed by atoms with E-state index in [0.717, 1.165) is 29.5 Å². The Morgan fingerprint density at radius 2 is 2.19 bits per heavy atom. The van der Waals surface area contributed by atoms with Gasteiger partial charge in [0.05, 0.1) is 11.9 Å². The lowest BCUT2D eigenvalue weighted by molar-refractivity contribution is 0.380. The number of hydrogen-bond acceptors (Lipinski definition) is 3. The number of aromatic nitrogens is 1. The zero-order chi connectivity index (χ0) is 11.8. The van der Waals surface area contributed by atoms with Crippen molar-refractivity contribution < 1.29 is 0 Å². The van der Waals surface area contributed by atoms with Crippen molar-refractivity contribution in [3.05, 3.63) is 17.8 Å². The second-order valence-corrected chi connectivity index (χ2v) is 5.30. The molecule has 1 aliphatic rings. The van der Waals surface area contributed by atoms with Crippen molar-refractivity contribution in [1.82, 2.24) is 4.98 Å². The second-order valence-electron chi connectivity index (χ2n) is 5.30. The zero-order valence-electron chi connectivity index (χ0n) is 10.4. The maximum Gasteiger partial charge on any atom is 0.126 e. The molecule has 16 heavy (non-hydrogen) atoms. The molecule has 1 aromatic heterocycles. The summed E-state index contributed by atoms with van der Waals surface area (Å²) in [5.41, 5.74) is 8.10. The van der Waals surface area contributed by atoms with Gasteiger partial charge in [0.25, 0.3) is 0 Å². The van der Waals surface area contributed by atoms with Gasteiger partial charge in [0.1, 0.15) is 5.82 Å². The highest BCUT2D eigenvalue weighted by atomic mass is 15.0. The van der Waals surface area contributed by atoms with Gasteiger partial charge in [-0.3, -0.25) is 0 Å². The van der Waals surface area contributed by atoms with Crippen LogP contribution in [0.15, 0.2) is 12.3 Å². The molecule has 1 saturated carbocycles. The van der Waals surface area contributed by atoms with Crippen LogP contribution in [0.4, 0.5) is 11.5 Å². The van der Waals surface area contributed by atoms with Crippen molar-refractivity contribution >= 4 is 11.5 Å². The summed E-state index contributed by atoms with van der Waals surface area (Å²) in [6.07, 6.45) is 4.41. The smallest absolute Gasteiger partial charge is 0.126 e. The van der Waals surface area contributed by atoms with Crippen molar-refractivity contribution in [3.63, 3.8) is 0 Å². The van der Waals surface area contributed by atoms with Crippen molar-refractivity contribution in [2.45, 2.75) is 33.6 Å². The fourth-order valence-electron chi connectivity index (χ4n) is 2.05. The molecule has 3 heteroatoms. The first-order chi connectivity index (χ1) is 7.53. The van der Waals surface area contributed by atoms with E-state index in [-0.39, 0.29) is 0 Å². The Kier molecular flexibility index (Phi) is 2.78. The lowest BCUT2D eigenvalue weighted by Crippen LogP contribution is -2.21. The molecule has 1 aliphatic carbocycles. The Morgan fingerprint density at radius 1 is 1.50 bits per heavy atom. The van der Waals surface area contributed by atoms with Crippen LogP contribution in [-0.2, 0) is 0 Å². The highest BCUT2D eigenvalue weighted by molar-refractivity contribution is 5.50. The topological polar surface area (TPSA) is 50.9 Å². The standard InChI is InChI=1S/C13H21N3/c1-9(2)13(4-5-13)8-16-12-6-10(3)11(14)7-15-12/h6-7,9H,4-5,8,14H2,1-3H3,(H,15,16). The molecular formula is C13H21N3. The average molecular weight is 219 g/mol. The Balaban J connectivity index is 1.97. The summed E-state index contributed by atoms with van der Waals surface area (Å²) >= 11 is 0. The molecule has 0 amide bonds. The minimum atomic E-state index is 0.511. The van der Waals surface area contributed by atoms with Gasteiger partial charge in [-0.25, -0.2) is 4.98 Å². The van der Waals surface area contributed by atoms with E-state index in [1.165, 1.54) is 12.8 Å². The third kappa shape index (κ3) is 2.13.